The van der Waals surface area contributed by atoms with E-state index in [-0.39, 0.29) is 24.6 Å². The zero-order valence-electron chi connectivity index (χ0n) is 14.9. The van der Waals surface area contributed by atoms with Crippen LogP contribution in [0.5, 0.6) is 0 Å². The summed E-state index contributed by atoms with van der Waals surface area (Å²) in [5.41, 5.74) is -4.05. The molecule has 1 aliphatic heterocycles. The number of benzene rings is 1. The fourth-order valence-corrected chi connectivity index (χ4v) is 2.87. The summed E-state index contributed by atoms with van der Waals surface area (Å²) < 4.78 is 38.7. The van der Waals surface area contributed by atoms with E-state index in [9.17, 15) is 38.2 Å². The maximum atomic E-state index is 12.9. The Morgan fingerprint density at radius 1 is 1.11 bits per heavy atom. The van der Waals surface area contributed by atoms with Crippen LogP contribution in [0.3, 0.4) is 0 Å². The van der Waals surface area contributed by atoms with Crippen molar-refractivity contribution in [2.75, 3.05) is 44.6 Å². The summed E-state index contributed by atoms with van der Waals surface area (Å²) in [5.74, 6) is -0.0474. The number of rotatable bonds is 6. The largest absolute Gasteiger partial charge is 0.416 e. The van der Waals surface area contributed by atoms with Crippen LogP contribution in [-0.4, -0.2) is 64.8 Å². The number of hydrogen-bond acceptors (Lipinski definition) is 7. The van der Waals surface area contributed by atoms with E-state index >= 15 is 0 Å². The third-order valence-corrected chi connectivity index (χ3v) is 4.36. The molecule has 0 aliphatic carbocycles. The predicted octanol–water partition coefficient (Wildman–Crippen LogP) is 2.10. The molecule has 1 amide bonds. The van der Waals surface area contributed by atoms with E-state index in [1.165, 1.54) is 6.92 Å². The predicted molar refractivity (Wildman–Crippen MR) is 91.9 cm³/mol. The van der Waals surface area contributed by atoms with Crippen LogP contribution in [0.4, 0.5) is 30.2 Å². The minimum absolute atomic E-state index is 0.0474. The van der Waals surface area contributed by atoms with Crippen molar-refractivity contribution >= 4 is 23.0 Å². The van der Waals surface area contributed by atoms with Gasteiger partial charge in [-0.3, -0.25) is 29.9 Å². The third kappa shape index (κ3) is 5.06. The molecule has 1 saturated heterocycles. The molecule has 13 heteroatoms. The van der Waals surface area contributed by atoms with Crippen molar-refractivity contribution in [1.29, 1.82) is 0 Å². The van der Waals surface area contributed by atoms with Crippen LogP contribution in [-0.2, 0) is 11.0 Å². The van der Waals surface area contributed by atoms with Crippen LogP contribution in [0.1, 0.15) is 12.5 Å². The standard InChI is InChI=1S/C15H18F3N5O5/c1-10(24)21-6-4-20(5-7-21)3-2-19-14-12(22(25)26)8-11(15(16,17)18)9-13(14)23(27)28/h8-9,19H,2-7H2,1H3. The molecule has 10 nitrogen and oxygen atoms in total. The Labute approximate surface area is 157 Å². The fourth-order valence-electron chi connectivity index (χ4n) is 2.87. The molecule has 0 saturated carbocycles. The van der Waals surface area contributed by atoms with Crippen LogP contribution >= 0.6 is 0 Å². The lowest BCUT2D eigenvalue weighted by Crippen LogP contribution is -2.49. The number of nitrogens with zero attached hydrogens (tertiary/aromatic N) is 4. The van der Waals surface area contributed by atoms with Crippen molar-refractivity contribution < 1.29 is 27.8 Å². The second-order valence-corrected chi connectivity index (χ2v) is 6.18. The van der Waals surface area contributed by atoms with Crippen molar-refractivity contribution in [1.82, 2.24) is 9.80 Å². The number of carbonyl (C=O) groups is 1. The number of alkyl halides is 3. The molecule has 0 radical (unpaired) electrons. The van der Waals surface area contributed by atoms with E-state index in [1.807, 2.05) is 4.90 Å². The van der Waals surface area contributed by atoms with Crippen LogP contribution < -0.4 is 5.32 Å². The number of halogens is 3. The van der Waals surface area contributed by atoms with E-state index in [4.69, 9.17) is 0 Å². The molecule has 1 aromatic carbocycles. The van der Waals surface area contributed by atoms with Crippen LogP contribution in [0, 0.1) is 20.2 Å². The van der Waals surface area contributed by atoms with Crippen LogP contribution in [0.2, 0.25) is 0 Å². The van der Waals surface area contributed by atoms with Crippen molar-refractivity contribution in [3.05, 3.63) is 37.9 Å². The van der Waals surface area contributed by atoms with Gasteiger partial charge in [0, 0.05) is 58.3 Å². The van der Waals surface area contributed by atoms with Gasteiger partial charge >= 0.3 is 6.18 Å². The summed E-state index contributed by atoms with van der Waals surface area (Å²) in [4.78, 5) is 35.1. The number of carbonyl (C=O) groups excluding carboxylic acids is 1. The van der Waals surface area contributed by atoms with Crippen LogP contribution in [0.25, 0.3) is 0 Å². The molecule has 0 bridgehead atoms. The maximum Gasteiger partial charge on any atom is 0.416 e. The lowest BCUT2D eigenvalue weighted by atomic mass is 10.1. The molecule has 0 atom stereocenters. The molecule has 1 N–H and O–H groups in total. The van der Waals surface area contributed by atoms with Gasteiger partial charge in [-0.25, -0.2) is 0 Å². The van der Waals surface area contributed by atoms with Gasteiger partial charge in [-0.05, 0) is 0 Å². The van der Waals surface area contributed by atoms with Gasteiger partial charge in [-0.2, -0.15) is 13.2 Å². The summed E-state index contributed by atoms with van der Waals surface area (Å²) in [6, 6.07) is 0.557. The Hall–Kier alpha value is -2.96. The second kappa shape index (κ2) is 8.37. The van der Waals surface area contributed by atoms with E-state index in [0.717, 1.165) is 0 Å². The molecule has 1 heterocycles. The highest BCUT2D eigenvalue weighted by molar-refractivity contribution is 5.75. The SMILES string of the molecule is CC(=O)N1CCN(CCNc2c([N+](=O)[O-])cc(C(F)(F)F)cc2[N+](=O)[O-])CC1. The molecular formula is C15H18F3N5O5. The molecule has 28 heavy (non-hydrogen) atoms. The summed E-state index contributed by atoms with van der Waals surface area (Å²) in [5, 5.41) is 24.9. The second-order valence-electron chi connectivity index (χ2n) is 6.18. The molecular weight excluding hydrogens is 387 g/mol. The highest BCUT2D eigenvalue weighted by Crippen LogP contribution is 2.41. The minimum atomic E-state index is -4.95. The average molecular weight is 405 g/mol. The number of nitro groups is 2. The van der Waals surface area contributed by atoms with Gasteiger partial charge in [0.25, 0.3) is 11.4 Å². The number of hydrogen-bond donors (Lipinski definition) is 1. The van der Waals surface area contributed by atoms with Gasteiger partial charge in [0.1, 0.15) is 0 Å². The van der Waals surface area contributed by atoms with Crippen LogP contribution in [0.15, 0.2) is 12.1 Å². The van der Waals surface area contributed by atoms with Gasteiger partial charge in [0.05, 0.1) is 15.4 Å². The Morgan fingerprint density at radius 3 is 2.00 bits per heavy atom. The van der Waals surface area contributed by atoms with Gasteiger partial charge in [-0.1, -0.05) is 0 Å². The van der Waals surface area contributed by atoms with Gasteiger partial charge in [0.2, 0.25) is 5.91 Å². The quantitative estimate of drug-likeness (QED) is 0.568. The maximum absolute atomic E-state index is 12.9. The van der Waals surface area contributed by atoms with Gasteiger partial charge in [-0.15, -0.1) is 0 Å². The Balaban J connectivity index is 2.15. The highest BCUT2D eigenvalue weighted by Gasteiger charge is 2.37. The first-order valence-electron chi connectivity index (χ1n) is 8.26. The summed E-state index contributed by atoms with van der Waals surface area (Å²) in [7, 11) is 0. The summed E-state index contributed by atoms with van der Waals surface area (Å²) in [6.45, 7) is 3.98. The zero-order chi connectivity index (χ0) is 21.1. The number of nitro benzene ring substituents is 2. The Bertz CT molecular complexity index is 743. The lowest BCUT2D eigenvalue weighted by Gasteiger charge is -2.34. The fraction of sp³-hybridized carbons (Fsp3) is 0.533. The average Bonchev–Trinajstić information content (AvgIpc) is 2.60. The molecule has 1 fully saturated rings. The molecule has 0 spiro atoms. The molecule has 0 unspecified atom stereocenters. The number of piperazine rings is 1. The molecule has 1 aromatic rings. The van der Waals surface area contributed by atoms with E-state index in [0.29, 0.717) is 32.7 Å². The normalized spacial score (nSPS) is 15.4. The first-order chi connectivity index (χ1) is 13.0. The van der Waals surface area contributed by atoms with E-state index < -0.39 is 38.6 Å². The first kappa shape index (κ1) is 21.3. The van der Waals surface area contributed by atoms with Gasteiger partial charge in [0.15, 0.2) is 5.69 Å². The number of nitrogens with one attached hydrogen (secondary N) is 1. The number of anilines is 1. The van der Waals surface area contributed by atoms with E-state index in [2.05, 4.69) is 5.32 Å². The summed E-state index contributed by atoms with van der Waals surface area (Å²) >= 11 is 0. The monoisotopic (exact) mass is 405 g/mol. The molecule has 0 aromatic heterocycles. The van der Waals surface area contributed by atoms with E-state index in [1.54, 1.807) is 4.90 Å². The Kier molecular flexibility index (Phi) is 6.38. The minimum Gasteiger partial charge on any atom is -0.373 e. The lowest BCUT2D eigenvalue weighted by molar-refractivity contribution is -0.392. The van der Waals surface area contributed by atoms with Crippen molar-refractivity contribution in [3.63, 3.8) is 0 Å². The van der Waals surface area contributed by atoms with Crippen molar-refractivity contribution in [3.8, 4) is 0 Å². The Morgan fingerprint density at radius 2 is 1.61 bits per heavy atom. The highest BCUT2D eigenvalue weighted by atomic mass is 19.4. The third-order valence-electron chi connectivity index (χ3n) is 4.36. The topological polar surface area (TPSA) is 122 Å². The molecule has 154 valence electrons. The smallest absolute Gasteiger partial charge is 0.373 e. The first-order valence-corrected chi connectivity index (χ1v) is 8.26. The van der Waals surface area contributed by atoms with Gasteiger partial charge < -0.3 is 10.2 Å². The molecule has 2 rings (SSSR count). The molecule has 1 aliphatic rings. The van der Waals surface area contributed by atoms with Crippen molar-refractivity contribution in [2.45, 2.75) is 13.1 Å². The zero-order valence-corrected chi connectivity index (χ0v) is 14.9. The number of amides is 1. The van der Waals surface area contributed by atoms with Crippen molar-refractivity contribution in [2.24, 2.45) is 0 Å². The summed E-state index contributed by atoms with van der Waals surface area (Å²) in [6.07, 6.45) is -4.95.